The maximum Gasteiger partial charge on any atom is 0.0150 e. The molecule has 12 heavy (non-hydrogen) atoms. The number of allylic oxidation sites excluding steroid dienone is 1. The summed E-state index contributed by atoms with van der Waals surface area (Å²) >= 11 is 1.76. The molecule has 1 rings (SSSR count). The van der Waals surface area contributed by atoms with Gasteiger partial charge in [0.1, 0.15) is 0 Å². The molecule has 0 aliphatic rings. The fourth-order valence-corrected chi connectivity index (χ4v) is 1.95. The number of aryl methyl sites for hydroxylation is 1. The van der Waals surface area contributed by atoms with Crippen molar-refractivity contribution >= 4 is 11.8 Å². The van der Waals surface area contributed by atoms with E-state index in [2.05, 4.69) is 37.8 Å². The second-order valence-electron chi connectivity index (χ2n) is 2.77. The topological polar surface area (TPSA) is 0 Å². The van der Waals surface area contributed by atoms with Crippen molar-refractivity contribution in [1.29, 1.82) is 0 Å². The zero-order valence-corrected chi connectivity index (χ0v) is 8.45. The molecule has 0 unspecified atom stereocenters. The smallest absolute Gasteiger partial charge is 0.0150 e. The molecule has 0 aromatic heterocycles. The molecule has 0 nitrogen and oxygen atoms in total. The van der Waals surface area contributed by atoms with Gasteiger partial charge in [-0.05, 0) is 29.9 Å². The minimum Gasteiger partial charge on any atom is -0.0952 e. The van der Waals surface area contributed by atoms with Gasteiger partial charge in [-0.1, -0.05) is 43.5 Å². The Morgan fingerprint density at radius 3 is 2.67 bits per heavy atom. The van der Waals surface area contributed by atoms with Crippen molar-refractivity contribution in [3.63, 3.8) is 0 Å². The van der Waals surface area contributed by atoms with E-state index in [1.54, 1.807) is 11.8 Å². The first kappa shape index (κ1) is 9.40. The second kappa shape index (κ2) is 4.36. The summed E-state index contributed by atoms with van der Waals surface area (Å²) in [4.78, 5) is 2.49. The molecule has 0 spiro atoms. The molecular weight excluding hydrogens is 164 g/mol. The molecule has 64 valence electrons. The third-order valence-electron chi connectivity index (χ3n) is 1.64. The van der Waals surface area contributed by atoms with Crippen molar-refractivity contribution in [3.8, 4) is 0 Å². The molecule has 0 fully saturated rings. The highest BCUT2D eigenvalue weighted by Gasteiger charge is 1.99. The van der Waals surface area contributed by atoms with Crippen LogP contribution < -0.4 is 0 Å². The Bertz CT molecular complexity index is 276. The normalized spacial score (nSPS) is 9.83. The zero-order valence-electron chi connectivity index (χ0n) is 7.63. The van der Waals surface area contributed by atoms with Gasteiger partial charge in [-0.2, -0.15) is 0 Å². The average molecular weight is 178 g/mol. The van der Waals surface area contributed by atoms with Crippen molar-refractivity contribution in [2.24, 2.45) is 0 Å². The van der Waals surface area contributed by atoms with Crippen LogP contribution in [-0.2, 0) is 6.42 Å². The van der Waals surface area contributed by atoms with Crippen molar-refractivity contribution in [2.75, 3.05) is 0 Å². The second-order valence-corrected chi connectivity index (χ2v) is 4.11. The van der Waals surface area contributed by atoms with Crippen LogP contribution in [0.1, 0.15) is 19.4 Å². The van der Waals surface area contributed by atoms with E-state index < -0.39 is 0 Å². The highest BCUT2D eigenvalue weighted by atomic mass is 32.2. The monoisotopic (exact) mass is 178 g/mol. The van der Waals surface area contributed by atoms with Gasteiger partial charge in [-0.15, -0.1) is 0 Å². The number of thioether (sulfide) groups is 1. The van der Waals surface area contributed by atoms with Gasteiger partial charge in [0.2, 0.25) is 0 Å². The van der Waals surface area contributed by atoms with Crippen LogP contribution in [0.2, 0.25) is 0 Å². The Kier molecular flexibility index (Phi) is 3.42. The third kappa shape index (κ3) is 2.42. The Balaban J connectivity index is 2.89. The van der Waals surface area contributed by atoms with Crippen LogP contribution in [0.25, 0.3) is 0 Å². The van der Waals surface area contributed by atoms with Crippen molar-refractivity contribution in [2.45, 2.75) is 25.2 Å². The Hall–Kier alpha value is -0.690. The fraction of sp³-hybridized carbons (Fsp3) is 0.273. The first-order chi connectivity index (χ1) is 5.74. The molecule has 0 bridgehead atoms. The summed E-state index contributed by atoms with van der Waals surface area (Å²) in [5.41, 5.74) is 1.41. The lowest BCUT2D eigenvalue weighted by Gasteiger charge is -2.05. The molecule has 1 aromatic rings. The quantitative estimate of drug-likeness (QED) is 0.633. The standard InChI is InChI=1S/C11H14S/c1-4-10-7-5-6-8-11(10)12-9(2)3/h5-8H,2,4H2,1,3H3. The lowest BCUT2D eigenvalue weighted by atomic mass is 10.2. The molecule has 0 saturated carbocycles. The maximum absolute atomic E-state index is 3.89. The van der Waals surface area contributed by atoms with E-state index in [-0.39, 0.29) is 0 Å². The number of hydrogen-bond acceptors (Lipinski definition) is 1. The van der Waals surface area contributed by atoms with Gasteiger partial charge in [0.05, 0.1) is 0 Å². The molecule has 0 saturated heterocycles. The van der Waals surface area contributed by atoms with Gasteiger partial charge < -0.3 is 0 Å². The first-order valence-corrected chi connectivity index (χ1v) is 4.97. The minimum absolute atomic E-state index is 1.09. The SMILES string of the molecule is C=C(C)Sc1ccccc1CC. The molecule has 0 atom stereocenters. The van der Waals surface area contributed by atoms with E-state index in [1.807, 2.05) is 6.92 Å². The summed E-state index contributed by atoms with van der Waals surface area (Å²) in [6.07, 6.45) is 1.09. The lowest BCUT2D eigenvalue weighted by molar-refractivity contribution is 1.08. The van der Waals surface area contributed by atoms with Gasteiger partial charge in [0.25, 0.3) is 0 Å². The summed E-state index contributed by atoms with van der Waals surface area (Å²) in [5, 5.41) is 0. The van der Waals surface area contributed by atoms with E-state index in [0.29, 0.717) is 0 Å². The summed E-state index contributed by atoms with van der Waals surface area (Å²) in [6.45, 7) is 8.11. The molecule has 1 aromatic carbocycles. The summed E-state index contributed by atoms with van der Waals surface area (Å²) < 4.78 is 0. The maximum atomic E-state index is 3.89. The Labute approximate surface area is 78.7 Å². The fourth-order valence-electron chi connectivity index (χ4n) is 1.08. The van der Waals surface area contributed by atoms with E-state index in [0.717, 1.165) is 11.3 Å². The van der Waals surface area contributed by atoms with E-state index in [4.69, 9.17) is 0 Å². The first-order valence-electron chi connectivity index (χ1n) is 4.15. The molecule has 0 aliphatic carbocycles. The Morgan fingerprint density at radius 2 is 2.08 bits per heavy atom. The van der Waals surface area contributed by atoms with Gasteiger partial charge in [-0.25, -0.2) is 0 Å². The van der Waals surface area contributed by atoms with E-state index in [1.165, 1.54) is 10.5 Å². The van der Waals surface area contributed by atoms with Crippen molar-refractivity contribution < 1.29 is 0 Å². The van der Waals surface area contributed by atoms with Crippen molar-refractivity contribution in [3.05, 3.63) is 41.3 Å². The van der Waals surface area contributed by atoms with Gasteiger partial charge in [0, 0.05) is 4.90 Å². The predicted octanol–water partition coefficient (Wildman–Crippen LogP) is 3.87. The van der Waals surface area contributed by atoms with Crippen LogP contribution in [0.4, 0.5) is 0 Å². The van der Waals surface area contributed by atoms with E-state index in [9.17, 15) is 0 Å². The lowest BCUT2D eigenvalue weighted by Crippen LogP contribution is -1.83. The van der Waals surface area contributed by atoms with Crippen LogP contribution in [0.3, 0.4) is 0 Å². The molecule has 0 aliphatic heterocycles. The Morgan fingerprint density at radius 1 is 1.42 bits per heavy atom. The van der Waals surface area contributed by atoms with Crippen LogP contribution in [-0.4, -0.2) is 0 Å². The van der Waals surface area contributed by atoms with Gasteiger partial charge >= 0.3 is 0 Å². The number of rotatable bonds is 3. The van der Waals surface area contributed by atoms with Crippen LogP contribution in [0.15, 0.2) is 40.6 Å². The highest BCUT2D eigenvalue weighted by molar-refractivity contribution is 8.03. The number of benzene rings is 1. The summed E-state index contributed by atoms with van der Waals surface area (Å²) in [5.74, 6) is 0. The number of hydrogen-bond donors (Lipinski definition) is 0. The largest absolute Gasteiger partial charge is 0.0952 e. The molecule has 0 amide bonds. The van der Waals surface area contributed by atoms with E-state index >= 15 is 0 Å². The summed E-state index contributed by atoms with van der Waals surface area (Å²) in [6, 6.07) is 8.48. The molecule has 0 radical (unpaired) electrons. The molecule has 0 heterocycles. The van der Waals surface area contributed by atoms with Crippen LogP contribution >= 0.6 is 11.8 Å². The third-order valence-corrected chi connectivity index (χ3v) is 2.60. The van der Waals surface area contributed by atoms with Crippen LogP contribution in [0.5, 0.6) is 0 Å². The molecule has 0 N–H and O–H groups in total. The summed E-state index contributed by atoms with van der Waals surface area (Å²) in [7, 11) is 0. The predicted molar refractivity (Wildman–Crippen MR) is 56.5 cm³/mol. The van der Waals surface area contributed by atoms with Gasteiger partial charge in [0.15, 0.2) is 0 Å². The minimum atomic E-state index is 1.09. The molecule has 1 heteroatoms. The highest BCUT2D eigenvalue weighted by Crippen LogP contribution is 2.28. The van der Waals surface area contributed by atoms with Crippen molar-refractivity contribution in [1.82, 2.24) is 0 Å². The average Bonchev–Trinajstić information content (AvgIpc) is 2.04. The zero-order chi connectivity index (χ0) is 8.97. The molecular formula is C11H14S. The van der Waals surface area contributed by atoms with Crippen LogP contribution in [0, 0.1) is 0 Å². The van der Waals surface area contributed by atoms with Gasteiger partial charge in [-0.3, -0.25) is 0 Å².